The third kappa shape index (κ3) is 2.04. The van der Waals surface area contributed by atoms with E-state index in [0.29, 0.717) is 0 Å². The van der Waals surface area contributed by atoms with Crippen LogP contribution in [0.2, 0.25) is 0 Å². The Balaban J connectivity index is 3.10. The lowest BCUT2D eigenvalue weighted by Gasteiger charge is -2.19. The van der Waals surface area contributed by atoms with Gasteiger partial charge in [0, 0.05) is 5.56 Å². The van der Waals surface area contributed by atoms with Gasteiger partial charge in [0.2, 0.25) is 0 Å². The van der Waals surface area contributed by atoms with Gasteiger partial charge < -0.3 is 15.3 Å². The molecular weight excluding hydrogens is 210 g/mol. The third-order valence-electron chi connectivity index (χ3n) is 1.86. The summed E-state index contributed by atoms with van der Waals surface area (Å²) in [6.45, 7) is 0. The van der Waals surface area contributed by atoms with Gasteiger partial charge in [0.05, 0.1) is 0 Å². The summed E-state index contributed by atoms with van der Waals surface area (Å²) in [7, 11) is 0. The highest BCUT2D eigenvalue weighted by atomic mass is 19.3. The molecule has 0 fully saturated rings. The number of aliphatic hydroxyl groups excluding tert-OH is 1. The van der Waals surface area contributed by atoms with Crippen molar-refractivity contribution in [2.24, 2.45) is 0 Å². The molecule has 0 heterocycles. The molecule has 0 radical (unpaired) electrons. The molecule has 0 spiro atoms. The SMILES string of the molecule is O=C(O)C(F)(F)C(O)c1ccccc1O. The lowest BCUT2D eigenvalue weighted by Crippen LogP contribution is -2.35. The number of carboxylic acid groups (broad SMARTS) is 1. The Morgan fingerprint density at radius 3 is 2.33 bits per heavy atom. The summed E-state index contributed by atoms with van der Waals surface area (Å²) < 4.78 is 25.7. The van der Waals surface area contributed by atoms with E-state index in [1.807, 2.05) is 0 Å². The number of benzene rings is 1. The molecule has 4 nitrogen and oxygen atoms in total. The fourth-order valence-corrected chi connectivity index (χ4v) is 1.03. The van der Waals surface area contributed by atoms with E-state index in [1.165, 1.54) is 12.1 Å². The summed E-state index contributed by atoms with van der Waals surface area (Å²) in [5.74, 6) is -7.36. The first-order chi connectivity index (χ1) is 6.87. The van der Waals surface area contributed by atoms with Gasteiger partial charge in [-0.15, -0.1) is 0 Å². The average molecular weight is 218 g/mol. The molecule has 6 heteroatoms. The Morgan fingerprint density at radius 2 is 1.87 bits per heavy atom. The van der Waals surface area contributed by atoms with Gasteiger partial charge in [0.1, 0.15) is 5.75 Å². The van der Waals surface area contributed by atoms with E-state index in [9.17, 15) is 13.6 Å². The van der Waals surface area contributed by atoms with Gasteiger partial charge in [-0.25, -0.2) is 4.79 Å². The van der Waals surface area contributed by atoms with Crippen LogP contribution >= 0.6 is 0 Å². The van der Waals surface area contributed by atoms with E-state index < -0.39 is 29.3 Å². The minimum absolute atomic E-state index is 0.523. The Kier molecular flexibility index (Phi) is 2.90. The number of phenols is 1. The number of para-hydroxylation sites is 1. The van der Waals surface area contributed by atoms with Gasteiger partial charge in [-0.2, -0.15) is 8.78 Å². The van der Waals surface area contributed by atoms with Crippen molar-refractivity contribution in [1.82, 2.24) is 0 Å². The summed E-state index contributed by atoms with van der Waals surface area (Å²) in [5, 5.41) is 26.4. The van der Waals surface area contributed by atoms with Crippen LogP contribution in [0.15, 0.2) is 24.3 Å². The molecule has 1 aromatic rings. The molecule has 1 aromatic carbocycles. The molecule has 1 rings (SSSR count). The Morgan fingerprint density at radius 1 is 1.33 bits per heavy atom. The Bertz CT molecular complexity index is 378. The highest BCUT2D eigenvalue weighted by molar-refractivity contribution is 5.76. The smallest absolute Gasteiger partial charge is 0.377 e. The first-order valence-corrected chi connectivity index (χ1v) is 3.94. The quantitative estimate of drug-likeness (QED) is 0.711. The number of aromatic hydroxyl groups is 1. The topological polar surface area (TPSA) is 77.8 Å². The summed E-state index contributed by atoms with van der Waals surface area (Å²) in [4.78, 5) is 10.2. The number of rotatable bonds is 3. The average Bonchev–Trinajstić information content (AvgIpc) is 2.17. The van der Waals surface area contributed by atoms with Gasteiger partial charge in [0.25, 0.3) is 0 Å². The molecule has 15 heavy (non-hydrogen) atoms. The number of halogens is 2. The third-order valence-corrected chi connectivity index (χ3v) is 1.86. The van der Waals surface area contributed by atoms with Crippen LogP contribution in [-0.4, -0.2) is 27.2 Å². The molecule has 0 aliphatic heterocycles. The number of phenolic OH excluding ortho intramolecular Hbond substituents is 1. The van der Waals surface area contributed by atoms with Crippen LogP contribution in [0.5, 0.6) is 5.75 Å². The molecule has 0 aromatic heterocycles. The maximum Gasteiger partial charge on any atom is 0.377 e. The minimum atomic E-state index is -4.33. The predicted molar refractivity (Wildman–Crippen MR) is 45.6 cm³/mol. The van der Waals surface area contributed by atoms with Crippen LogP contribution in [0.25, 0.3) is 0 Å². The number of aliphatic hydroxyl groups is 1. The van der Waals surface area contributed by atoms with E-state index in [0.717, 1.165) is 12.1 Å². The summed E-state index contributed by atoms with van der Waals surface area (Å²) in [6, 6.07) is 4.77. The molecule has 1 unspecified atom stereocenters. The maximum absolute atomic E-state index is 12.8. The lowest BCUT2D eigenvalue weighted by molar-refractivity contribution is -0.183. The van der Waals surface area contributed by atoms with Crippen molar-refractivity contribution >= 4 is 5.97 Å². The van der Waals surface area contributed by atoms with Crippen LogP contribution in [0.4, 0.5) is 8.78 Å². The second-order valence-corrected chi connectivity index (χ2v) is 2.89. The summed E-state index contributed by atoms with van der Waals surface area (Å²) >= 11 is 0. The van der Waals surface area contributed by atoms with Gasteiger partial charge in [-0.05, 0) is 6.07 Å². The molecule has 0 aliphatic rings. The first-order valence-electron chi connectivity index (χ1n) is 3.94. The highest BCUT2D eigenvalue weighted by Crippen LogP contribution is 2.35. The van der Waals surface area contributed by atoms with Crippen LogP contribution in [0, 0.1) is 0 Å². The highest BCUT2D eigenvalue weighted by Gasteiger charge is 2.48. The van der Waals surface area contributed by atoms with Gasteiger partial charge in [-0.3, -0.25) is 0 Å². The number of hydrogen-bond acceptors (Lipinski definition) is 3. The van der Waals surface area contributed by atoms with Gasteiger partial charge in [0.15, 0.2) is 6.10 Å². The number of carboxylic acids is 1. The van der Waals surface area contributed by atoms with Crippen molar-refractivity contribution in [2.75, 3.05) is 0 Å². The zero-order chi connectivity index (χ0) is 11.6. The van der Waals surface area contributed by atoms with Crippen molar-refractivity contribution in [3.63, 3.8) is 0 Å². The van der Waals surface area contributed by atoms with E-state index in [1.54, 1.807) is 0 Å². The van der Waals surface area contributed by atoms with Crippen LogP contribution in [0.3, 0.4) is 0 Å². The van der Waals surface area contributed by atoms with Crippen LogP contribution in [-0.2, 0) is 4.79 Å². The molecule has 0 aliphatic carbocycles. The zero-order valence-electron chi connectivity index (χ0n) is 7.39. The van der Waals surface area contributed by atoms with Gasteiger partial charge >= 0.3 is 11.9 Å². The molecule has 1 atom stereocenters. The zero-order valence-corrected chi connectivity index (χ0v) is 7.39. The normalized spacial score (nSPS) is 13.5. The molecule has 0 amide bonds. The molecular formula is C9H8F2O4. The monoisotopic (exact) mass is 218 g/mol. The molecule has 3 N–H and O–H groups in total. The molecule has 0 saturated heterocycles. The van der Waals surface area contributed by atoms with Crippen LogP contribution in [0.1, 0.15) is 11.7 Å². The first kappa shape index (κ1) is 11.4. The van der Waals surface area contributed by atoms with E-state index in [2.05, 4.69) is 0 Å². The number of hydrogen-bond donors (Lipinski definition) is 3. The van der Waals surface area contributed by atoms with Crippen molar-refractivity contribution in [1.29, 1.82) is 0 Å². The number of aliphatic carboxylic acids is 1. The van der Waals surface area contributed by atoms with E-state index in [4.69, 9.17) is 15.3 Å². The summed E-state index contributed by atoms with van der Waals surface area (Å²) in [5.41, 5.74) is -0.523. The van der Waals surface area contributed by atoms with Gasteiger partial charge in [-0.1, -0.05) is 18.2 Å². The number of alkyl halides is 2. The number of carbonyl (C=O) groups is 1. The fourth-order valence-electron chi connectivity index (χ4n) is 1.03. The van der Waals surface area contributed by atoms with Crippen molar-refractivity contribution in [3.8, 4) is 5.75 Å². The molecule has 0 saturated carbocycles. The van der Waals surface area contributed by atoms with Crippen LogP contribution < -0.4 is 0 Å². The maximum atomic E-state index is 12.8. The minimum Gasteiger partial charge on any atom is -0.508 e. The lowest BCUT2D eigenvalue weighted by atomic mass is 10.0. The second-order valence-electron chi connectivity index (χ2n) is 2.89. The van der Waals surface area contributed by atoms with Crippen molar-refractivity contribution in [3.05, 3.63) is 29.8 Å². The summed E-state index contributed by atoms with van der Waals surface area (Å²) in [6.07, 6.45) is -2.57. The Hall–Kier alpha value is -1.69. The van der Waals surface area contributed by atoms with E-state index >= 15 is 0 Å². The van der Waals surface area contributed by atoms with Crippen molar-refractivity contribution in [2.45, 2.75) is 12.0 Å². The molecule has 0 bridgehead atoms. The molecule has 82 valence electrons. The largest absolute Gasteiger partial charge is 0.508 e. The van der Waals surface area contributed by atoms with Crippen molar-refractivity contribution < 1.29 is 28.9 Å². The standard InChI is InChI=1S/C9H8F2O4/c10-9(11,8(14)15)7(13)5-3-1-2-4-6(5)12/h1-4,7,12-13H,(H,14,15). The predicted octanol–water partition coefficient (Wildman–Crippen LogP) is 1.15. The fraction of sp³-hybridized carbons (Fsp3) is 0.222. The second kappa shape index (κ2) is 3.82. The Labute approximate surface area is 83.4 Å². The van der Waals surface area contributed by atoms with E-state index in [-0.39, 0.29) is 0 Å².